The number of halogens is 2. The number of alkyl halides is 2. The van der Waals surface area contributed by atoms with Gasteiger partial charge in [-0.25, -0.2) is 27.3 Å². The molecule has 0 spiro atoms. The molecule has 0 unspecified atom stereocenters. The van der Waals surface area contributed by atoms with Crippen LogP contribution in [0.4, 0.5) is 8.78 Å². The number of hydrogen-bond acceptors (Lipinski definition) is 5. The van der Waals surface area contributed by atoms with Crippen molar-refractivity contribution in [3.63, 3.8) is 0 Å². The number of sulfonamides is 1. The van der Waals surface area contributed by atoms with Crippen LogP contribution in [0.2, 0.25) is 0 Å². The molecule has 0 atom stereocenters. The van der Waals surface area contributed by atoms with E-state index in [0.717, 1.165) is 13.2 Å². The highest BCUT2D eigenvalue weighted by atomic mass is 32.2. The molecule has 1 aromatic heterocycles. The summed E-state index contributed by atoms with van der Waals surface area (Å²) < 4.78 is 51.8. The summed E-state index contributed by atoms with van der Waals surface area (Å²) in [5, 5.41) is 12.6. The van der Waals surface area contributed by atoms with Crippen molar-refractivity contribution < 1.29 is 21.9 Å². The topological polar surface area (TPSA) is 106 Å². The molecule has 0 saturated heterocycles. The molecule has 0 aliphatic rings. The molecule has 1 aromatic rings. The number of nitriles is 1. The van der Waals surface area contributed by atoms with E-state index in [9.17, 15) is 17.2 Å². The molecule has 0 fully saturated rings. The van der Waals surface area contributed by atoms with Crippen LogP contribution in [0.1, 0.15) is 17.7 Å². The van der Waals surface area contributed by atoms with E-state index < -0.39 is 32.9 Å². The normalized spacial score (nSPS) is 11.3. The Hall–Kier alpha value is -1.79. The Morgan fingerprint density at radius 1 is 1.59 bits per heavy atom. The lowest BCUT2D eigenvalue weighted by Gasteiger charge is -2.09. The molecule has 0 aliphatic heterocycles. The van der Waals surface area contributed by atoms with Crippen LogP contribution in [0.3, 0.4) is 0 Å². The molecule has 0 saturated carbocycles. The third-order valence-electron chi connectivity index (χ3n) is 1.78. The predicted molar refractivity (Wildman–Crippen MR) is 51.8 cm³/mol. The zero-order chi connectivity index (χ0) is 13.2. The van der Waals surface area contributed by atoms with Crippen LogP contribution in [0.5, 0.6) is 5.75 Å². The van der Waals surface area contributed by atoms with Crippen molar-refractivity contribution in [2.75, 3.05) is 7.11 Å². The number of ether oxygens (including phenoxy) is 1. The fraction of sp³-hybridized carbons (Fsp3) is 0.250. The highest BCUT2D eigenvalue weighted by Gasteiger charge is 2.24. The maximum Gasteiger partial charge on any atom is 0.280 e. The lowest BCUT2D eigenvalue weighted by Crippen LogP contribution is -2.17. The van der Waals surface area contributed by atoms with Gasteiger partial charge in [0, 0.05) is 0 Å². The first kappa shape index (κ1) is 13.3. The van der Waals surface area contributed by atoms with Gasteiger partial charge in [-0.2, -0.15) is 5.26 Å². The second kappa shape index (κ2) is 4.60. The number of primary sulfonamides is 1. The molecular weight excluding hydrogens is 256 g/mol. The van der Waals surface area contributed by atoms with Gasteiger partial charge in [-0.15, -0.1) is 0 Å². The first-order valence-electron chi connectivity index (χ1n) is 4.11. The molecule has 0 aliphatic carbocycles. The largest absolute Gasteiger partial charge is 0.492 e. The quantitative estimate of drug-likeness (QED) is 0.856. The number of pyridine rings is 1. The molecular formula is C8H7F2N3O3S. The van der Waals surface area contributed by atoms with Crippen molar-refractivity contribution in [2.24, 2.45) is 5.14 Å². The minimum atomic E-state index is -4.35. The van der Waals surface area contributed by atoms with Crippen molar-refractivity contribution in [3.8, 4) is 11.8 Å². The predicted octanol–water partition coefficient (Wildman–Crippen LogP) is 0.547. The summed E-state index contributed by atoms with van der Waals surface area (Å²) in [4.78, 5) is 3.18. The first-order chi connectivity index (χ1) is 7.81. The zero-order valence-electron chi connectivity index (χ0n) is 8.52. The molecule has 1 heterocycles. The average molecular weight is 263 g/mol. The van der Waals surface area contributed by atoms with Gasteiger partial charge in [0.1, 0.15) is 11.8 Å². The lowest BCUT2D eigenvalue weighted by atomic mass is 10.2. The van der Waals surface area contributed by atoms with Gasteiger partial charge in [0.2, 0.25) is 5.03 Å². The number of nitrogens with two attached hydrogens (primary N) is 1. The lowest BCUT2D eigenvalue weighted by molar-refractivity contribution is 0.145. The Morgan fingerprint density at radius 2 is 2.18 bits per heavy atom. The van der Waals surface area contributed by atoms with Crippen LogP contribution in [-0.2, 0) is 10.0 Å². The van der Waals surface area contributed by atoms with Crippen LogP contribution < -0.4 is 9.88 Å². The monoisotopic (exact) mass is 263 g/mol. The molecule has 0 bridgehead atoms. The fourth-order valence-corrected chi connectivity index (χ4v) is 1.80. The van der Waals surface area contributed by atoms with Crippen LogP contribution in [0.25, 0.3) is 0 Å². The van der Waals surface area contributed by atoms with E-state index in [2.05, 4.69) is 9.72 Å². The summed E-state index contributed by atoms with van der Waals surface area (Å²) >= 11 is 0. The Labute approximate surface area is 95.7 Å². The van der Waals surface area contributed by atoms with Gasteiger partial charge >= 0.3 is 0 Å². The highest BCUT2D eigenvalue weighted by molar-refractivity contribution is 7.89. The number of methoxy groups -OCH3 is 1. The third-order valence-corrected chi connectivity index (χ3v) is 2.60. The van der Waals surface area contributed by atoms with Crippen molar-refractivity contribution in [3.05, 3.63) is 17.3 Å². The van der Waals surface area contributed by atoms with Gasteiger partial charge < -0.3 is 4.74 Å². The molecule has 6 nitrogen and oxygen atoms in total. The molecule has 0 amide bonds. The van der Waals surface area contributed by atoms with Crippen molar-refractivity contribution in [1.29, 1.82) is 5.26 Å². The number of nitrogens with zero attached hydrogens (tertiary/aromatic N) is 2. The van der Waals surface area contributed by atoms with E-state index in [4.69, 9.17) is 10.4 Å². The molecule has 2 N–H and O–H groups in total. The van der Waals surface area contributed by atoms with Gasteiger partial charge in [-0.1, -0.05) is 0 Å². The standard InChI is InChI=1S/C8H7F2N3O3S/c1-16-6-4(3-11)2-5(7(9)10)13-8(6)17(12,14)15/h2,7H,1H3,(H2,12,14,15). The Kier molecular flexibility index (Phi) is 3.59. The summed E-state index contributed by atoms with van der Waals surface area (Å²) in [7, 11) is -3.28. The van der Waals surface area contributed by atoms with Gasteiger partial charge in [0.05, 0.1) is 12.7 Å². The first-order valence-corrected chi connectivity index (χ1v) is 5.66. The SMILES string of the molecule is COc1c(C#N)cc(C(F)F)nc1S(N)(=O)=O. The number of rotatable bonds is 3. The molecule has 9 heteroatoms. The second-order valence-corrected chi connectivity index (χ2v) is 4.37. The summed E-state index contributed by atoms with van der Waals surface area (Å²) in [5.41, 5.74) is -1.23. The summed E-state index contributed by atoms with van der Waals surface area (Å²) in [6, 6.07) is 2.28. The maximum atomic E-state index is 12.4. The van der Waals surface area contributed by atoms with E-state index in [0.29, 0.717) is 0 Å². The van der Waals surface area contributed by atoms with E-state index in [-0.39, 0.29) is 5.56 Å². The van der Waals surface area contributed by atoms with Crippen LogP contribution in [0, 0.1) is 11.3 Å². The minimum absolute atomic E-state index is 0.373. The fourth-order valence-electron chi connectivity index (χ4n) is 1.11. The highest BCUT2D eigenvalue weighted by Crippen LogP contribution is 2.29. The smallest absolute Gasteiger partial charge is 0.280 e. The second-order valence-electron chi connectivity index (χ2n) is 2.89. The molecule has 0 aromatic carbocycles. The van der Waals surface area contributed by atoms with Crippen LogP contribution >= 0.6 is 0 Å². The van der Waals surface area contributed by atoms with Crippen LogP contribution in [-0.4, -0.2) is 20.5 Å². The van der Waals surface area contributed by atoms with E-state index in [1.54, 1.807) is 0 Å². The Morgan fingerprint density at radius 3 is 2.53 bits per heavy atom. The molecule has 1 rings (SSSR count). The summed E-state index contributed by atoms with van der Waals surface area (Å²) in [6.45, 7) is 0. The van der Waals surface area contributed by atoms with Crippen molar-refractivity contribution in [2.45, 2.75) is 11.5 Å². The molecule has 17 heavy (non-hydrogen) atoms. The number of hydrogen-bond donors (Lipinski definition) is 1. The van der Waals surface area contributed by atoms with E-state index >= 15 is 0 Å². The van der Waals surface area contributed by atoms with Gasteiger partial charge in [0.15, 0.2) is 5.75 Å². The van der Waals surface area contributed by atoms with Crippen molar-refractivity contribution in [1.82, 2.24) is 4.98 Å². The van der Waals surface area contributed by atoms with Gasteiger partial charge in [-0.3, -0.25) is 0 Å². The van der Waals surface area contributed by atoms with Crippen molar-refractivity contribution >= 4 is 10.0 Å². The van der Waals surface area contributed by atoms with Gasteiger partial charge in [-0.05, 0) is 6.07 Å². The van der Waals surface area contributed by atoms with E-state index in [1.165, 1.54) is 6.07 Å². The van der Waals surface area contributed by atoms with E-state index in [1.807, 2.05) is 0 Å². The summed E-state index contributed by atoms with van der Waals surface area (Å²) in [6.07, 6.45) is -3.02. The molecule has 0 radical (unpaired) electrons. The zero-order valence-corrected chi connectivity index (χ0v) is 9.33. The summed E-state index contributed by atoms with van der Waals surface area (Å²) in [5.74, 6) is -0.445. The third kappa shape index (κ3) is 2.66. The Balaban J connectivity index is 3.68. The number of aromatic nitrogens is 1. The minimum Gasteiger partial charge on any atom is -0.492 e. The average Bonchev–Trinajstić information content (AvgIpc) is 2.25. The molecule has 92 valence electrons. The Bertz CT molecular complexity index is 580. The van der Waals surface area contributed by atoms with Gasteiger partial charge in [0.25, 0.3) is 16.4 Å². The van der Waals surface area contributed by atoms with Crippen LogP contribution in [0.15, 0.2) is 11.1 Å². The maximum absolute atomic E-state index is 12.4.